The molecule has 29 heavy (non-hydrogen) atoms. The van der Waals surface area contributed by atoms with Crippen molar-refractivity contribution in [2.45, 2.75) is 19.6 Å². The van der Waals surface area contributed by atoms with E-state index in [1.807, 2.05) is 24.3 Å². The van der Waals surface area contributed by atoms with E-state index in [1.54, 1.807) is 13.0 Å². The van der Waals surface area contributed by atoms with Crippen molar-refractivity contribution in [3.8, 4) is 0 Å². The normalized spacial score (nSPS) is 12.0. The minimum absolute atomic E-state index is 0.230. The molecule has 0 fully saturated rings. The number of carbonyl (C=O) groups excluding carboxylic acids is 1. The molecule has 0 heterocycles. The highest BCUT2D eigenvalue weighted by Gasteiger charge is 2.16. The number of ether oxygens (including phenoxy) is 3. The molecule has 3 rings (SSSR count). The molecule has 0 aliphatic carbocycles. The number of carbonyl (C=O) groups is 1. The van der Waals surface area contributed by atoms with Crippen LogP contribution in [0.1, 0.15) is 12.5 Å². The first-order valence-electron chi connectivity index (χ1n) is 9.62. The average Bonchev–Trinajstić information content (AvgIpc) is 2.73. The molecule has 0 N–H and O–H groups in total. The smallest absolute Gasteiger partial charge is 0.333 e. The number of esters is 1. The van der Waals surface area contributed by atoms with Crippen LogP contribution in [-0.4, -0.2) is 31.9 Å². The Hall–Kier alpha value is -2.95. The molecular weight excluding hydrogens is 364 g/mol. The lowest BCUT2D eigenvalue weighted by Crippen LogP contribution is -2.29. The Bertz CT molecular complexity index is 968. The van der Waals surface area contributed by atoms with Gasteiger partial charge in [-0.3, -0.25) is 0 Å². The van der Waals surface area contributed by atoms with E-state index in [4.69, 9.17) is 14.2 Å². The van der Waals surface area contributed by atoms with Crippen LogP contribution in [-0.2, 0) is 25.6 Å². The highest BCUT2D eigenvalue weighted by atomic mass is 16.6. The Morgan fingerprint density at radius 3 is 2.17 bits per heavy atom. The van der Waals surface area contributed by atoms with Gasteiger partial charge in [0.25, 0.3) is 0 Å². The van der Waals surface area contributed by atoms with Crippen molar-refractivity contribution in [1.82, 2.24) is 0 Å². The van der Waals surface area contributed by atoms with Crippen molar-refractivity contribution in [3.63, 3.8) is 0 Å². The number of fused-ring (bicyclic) bond motifs is 2. The molecule has 0 radical (unpaired) electrons. The summed E-state index contributed by atoms with van der Waals surface area (Å²) in [6, 6.07) is 18.7. The van der Waals surface area contributed by atoms with Crippen molar-refractivity contribution in [1.29, 1.82) is 0 Å². The van der Waals surface area contributed by atoms with E-state index in [0.717, 1.165) is 16.3 Å². The van der Waals surface area contributed by atoms with Gasteiger partial charge in [0.1, 0.15) is 6.10 Å². The highest BCUT2D eigenvalue weighted by Crippen LogP contribution is 2.29. The second-order valence-electron chi connectivity index (χ2n) is 6.95. The summed E-state index contributed by atoms with van der Waals surface area (Å²) >= 11 is 0. The zero-order chi connectivity index (χ0) is 20.6. The van der Waals surface area contributed by atoms with Crippen LogP contribution in [0.25, 0.3) is 21.5 Å². The van der Waals surface area contributed by atoms with E-state index in [0.29, 0.717) is 18.8 Å². The molecule has 3 aromatic carbocycles. The fraction of sp³-hybridized carbons (Fsp3) is 0.240. The van der Waals surface area contributed by atoms with Gasteiger partial charge < -0.3 is 14.2 Å². The third kappa shape index (κ3) is 5.31. The molecule has 0 saturated heterocycles. The summed E-state index contributed by atoms with van der Waals surface area (Å²) in [5, 5.41) is 4.66. The van der Waals surface area contributed by atoms with Crippen LogP contribution in [0.15, 0.2) is 79.4 Å². The van der Waals surface area contributed by atoms with Crippen LogP contribution < -0.4 is 0 Å². The van der Waals surface area contributed by atoms with Gasteiger partial charge in [-0.1, -0.05) is 61.2 Å². The molecule has 4 nitrogen and oxygen atoms in total. The van der Waals surface area contributed by atoms with E-state index >= 15 is 0 Å². The Kier molecular flexibility index (Phi) is 7.17. The van der Waals surface area contributed by atoms with Gasteiger partial charge in [0.05, 0.1) is 26.4 Å². The van der Waals surface area contributed by atoms with Gasteiger partial charge in [-0.15, -0.1) is 6.58 Å². The van der Waals surface area contributed by atoms with Gasteiger partial charge in [-0.05, 0) is 40.1 Å². The van der Waals surface area contributed by atoms with Crippen LogP contribution in [0.5, 0.6) is 0 Å². The number of rotatable bonds is 10. The molecule has 0 saturated carbocycles. The van der Waals surface area contributed by atoms with Crippen molar-refractivity contribution in [2.24, 2.45) is 0 Å². The maximum atomic E-state index is 11.9. The standard InChI is InChI=1S/C25H26O4/c1-4-13-27-15-21(29-25(26)18(2)3)16-28-17-24-22-11-7-5-9-19(22)14-20-10-6-8-12-23(20)24/h4-12,14,21H,1-2,13,15-17H2,3H3. The number of benzene rings is 3. The van der Waals surface area contributed by atoms with Crippen molar-refractivity contribution >= 4 is 27.5 Å². The Morgan fingerprint density at radius 2 is 1.59 bits per heavy atom. The molecule has 4 heteroatoms. The molecule has 0 aliphatic rings. The maximum absolute atomic E-state index is 11.9. The summed E-state index contributed by atoms with van der Waals surface area (Å²) in [7, 11) is 0. The van der Waals surface area contributed by atoms with Crippen LogP contribution in [0.3, 0.4) is 0 Å². The number of hydrogen-bond donors (Lipinski definition) is 0. The first-order chi connectivity index (χ1) is 14.1. The lowest BCUT2D eigenvalue weighted by atomic mass is 9.97. The zero-order valence-electron chi connectivity index (χ0n) is 16.7. The molecule has 3 aromatic rings. The summed E-state index contributed by atoms with van der Waals surface area (Å²) in [4.78, 5) is 11.9. The summed E-state index contributed by atoms with van der Waals surface area (Å²) in [5.74, 6) is -0.448. The monoisotopic (exact) mass is 390 g/mol. The van der Waals surface area contributed by atoms with Crippen molar-refractivity contribution in [3.05, 3.63) is 85.0 Å². The van der Waals surface area contributed by atoms with E-state index < -0.39 is 12.1 Å². The van der Waals surface area contributed by atoms with Crippen molar-refractivity contribution < 1.29 is 19.0 Å². The SMILES string of the molecule is C=CCOCC(COCc1c2ccccc2cc2ccccc12)OC(=O)C(=C)C. The van der Waals surface area contributed by atoms with Gasteiger partial charge in [0.15, 0.2) is 0 Å². The summed E-state index contributed by atoms with van der Waals surface area (Å²) < 4.78 is 16.9. The Morgan fingerprint density at radius 1 is 1.00 bits per heavy atom. The molecule has 0 amide bonds. The molecule has 1 unspecified atom stereocenters. The van der Waals surface area contributed by atoms with Crippen LogP contribution in [0.4, 0.5) is 0 Å². The molecule has 150 valence electrons. The topological polar surface area (TPSA) is 44.8 Å². The lowest BCUT2D eigenvalue weighted by molar-refractivity contribution is -0.151. The largest absolute Gasteiger partial charge is 0.454 e. The first kappa shape index (κ1) is 20.8. The zero-order valence-corrected chi connectivity index (χ0v) is 16.7. The second kappa shape index (κ2) is 10.0. The molecule has 1 atom stereocenters. The minimum Gasteiger partial charge on any atom is -0.454 e. The number of hydrogen-bond acceptors (Lipinski definition) is 4. The molecular formula is C25H26O4. The van der Waals surface area contributed by atoms with Gasteiger partial charge in [-0.25, -0.2) is 4.79 Å². The van der Waals surface area contributed by atoms with Gasteiger partial charge in [0, 0.05) is 5.57 Å². The molecule has 0 spiro atoms. The van der Waals surface area contributed by atoms with Crippen LogP contribution >= 0.6 is 0 Å². The summed E-state index contributed by atoms with van der Waals surface area (Å²) in [6.45, 7) is 10.1. The van der Waals surface area contributed by atoms with Crippen molar-refractivity contribution in [2.75, 3.05) is 19.8 Å². The van der Waals surface area contributed by atoms with Gasteiger partial charge in [0.2, 0.25) is 0 Å². The van der Waals surface area contributed by atoms with Gasteiger partial charge in [-0.2, -0.15) is 0 Å². The Labute approximate surface area is 171 Å². The molecule has 0 aromatic heterocycles. The fourth-order valence-corrected chi connectivity index (χ4v) is 3.21. The highest BCUT2D eigenvalue weighted by molar-refractivity contribution is 6.02. The predicted molar refractivity (Wildman–Crippen MR) is 117 cm³/mol. The van der Waals surface area contributed by atoms with E-state index in [9.17, 15) is 4.79 Å². The lowest BCUT2D eigenvalue weighted by Gasteiger charge is -2.19. The summed E-state index contributed by atoms with van der Waals surface area (Å²) in [5.41, 5.74) is 1.47. The Balaban J connectivity index is 1.77. The van der Waals surface area contributed by atoms with E-state index in [-0.39, 0.29) is 13.2 Å². The molecule has 0 aliphatic heterocycles. The van der Waals surface area contributed by atoms with E-state index in [2.05, 4.69) is 43.5 Å². The van der Waals surface area contributed by atoms with Gasteiger partial charge >= 0.3 is 5.97 Å². The average molecular weight is 390 g/mol. The minimum atomic E-state index is -0.514. The van der Waals surface area contributed by atoms with Crippen LogP contribution in [0, 0.1) is 0 Å². The predicted octanol–water partition coefficient (Wildman–Crippen LogP) is 5.20. The van der Waals surface area contributed by atoms with Crippen LogP contribution in [0.2, 0.25) is 0 Å². The first-order valence-corrected chi connectivity index (χ1v) is 9.62. The second-order valence-corrected chi connectivity index (χ2v) is 6.95. The third-order valence-electron chi connectivity index (χ3n) is 4.59. The summed E-state index contributed by atoms with van der Waals surface area (Å²) in [6.07, 6.45) is 1.14. The maximum Gasteiger partial charge on any atom is 0.333 e. The quantitative estimate of drug-likeness (QED) is 0.157. The van der Waals surface area contributed by atoms with E-state index in [1.165, 1.54) is 10.8 Å². The fourth-order valence-electron chi connectivity index (χ4n) is 3.21. The third-order valence-corrected chi connectivity index (χ3v) is 4.59. The molecule has 0 bridgehead atoms.